The summed E-state index contributed by atoms with van der Waals surface area (Å²) >= 11 is 3.63. The molecule has 0 amide bonds. The van der Waals surface area contributed by atoms with E-state index in [-0.39, 0.29) is 5.41 Å². The molecule has 2 spiro atoms. The summed E-state index contributed by atoms with van der Waals surface area (Å²) in [5.41, 5.74) is 35.9. The van der Waals surface area contributed by atoms with Crippen molar-refractivity contribution in [3.05, 3.63) is 462 Å². The van der Waals surface area contributed by atoms with Gasteiger partial charge in [-0.2, -0.15) is 0 Å². The van der Waals surface area contributed by atoms with Gasteiger partial charge in [0, 0.05) is 33.9 Å². The minimum Gasteiger partial charge on any atom is -0.354 e. The standard InChI is InChI=1S/C52H34N2.C41H25Br.C11H10N2/c1-2-15-39(16-3-1)54(41-18-12-32-53-34-41)40-17-10-14-38(33-40)35-26-28-37(29-27-35)43-22-11-23-45-44-20-6-8-24-47(44)52(51(43)45)48-25-9-7-21-46(48)50-42-19-5-4-13-36(42)30-31-49(50)52;42-30-11-7-10-29(25-30)26-19-21-28(22-20-26)32-15-8-16-34-33-13-3-5-17-36(33)41(40(32)34)37-18-6-4-14-35(37)39-31-12-2-1-9-27(31)23-24-38(39)41;1-2-5-10(6-3-1)13-11-7-4-8-12-9-11/h1-34H;1-25H;1-9,13H. The van der Waals surface area contributed by atoms with E-state index in [1.165, 1.54) is 150 Å². The fourth-order valence-electron chi connectivity index (χ4n) is 18.2. The molecule has 0 saturated carbocycles. The Hall–Kier alpha value is -13.6. The number of aromatic nitrogens is 2. The molecular formula is C104H69BrN4. The van der Waals surface area contributed by atoms with Crippen molar-refractivity contribution < 1.29 is 0 Å². The molecule has 2 heterocycles. The summed E-state index contributed by atoms with van der Waals surface area (Å²) in [6, 6.07) is 141. The van der Waals surface area contributed by atoms with Crippen LogP contribution in [0.15, 0.2) is 418 Å². The third-order valence-electron chi connectivity index (χ3n) is 22.6. The maximum absolute atomic E-state index is 4.44. The van der Waals surface area contributed by atoms with Gasteiger partial charge in [-0.1, -0.05) is 331 Å². The van der Waals surface area contributed by atoms with Crippen LogP contribution in [-0.2, 0) is 10.8 Å². The Kier molecular flexibility index (Phi) is 16.1. The number of fused-ring (bicyclic) bond motifs is 24. The van der Waals surface area contributed by atoms with Crippen LogP contribution in [0.5, 0.6) is 0 Å². The van der Waals surface area contributed by atoms with Crippen molar-refractivity contribution in [3.8, 4) is 89.0 Å². The lowest BCUT2D eigenvalue weighted by atomic mass is 9.68. The fourth-order valence-corrected chi connectivity index (χ4v) is 18.6. The predicted octanol–water partition coefficient (Wildman–Crippen LogP) is 27.5. The van der Waals surface area contributed by atoms with Crippen LogP contribution in [0.1, 0.15) is 44.5 Å². The smallest absolute Gasteiger partial charge is 0.0731 e. The second-order valence-electron chi connectivity index (χ2n) is 28.4. The molecule has 0 fully saturated rings. The zero-order valence-electron chi connectivity index (χ0n) is 59.5. The van der Waals surface area contributed by atoms with Crippen LogP contribution in [0.4, 0.5) is 28.4 Å². The second-order valence-corrected chi connectivity index (χ2v) is 29.3. The molecule has 16 aromatic carbocycles. The molecule has 2 unspecified atom stereocenters. The van der Waals surface area contributed by atoms with E-state index in [1.807, 2.05) is 60.9 Å². The average molecular weight is 1450 g/mol. The lowest BCUT2D eigenvalue weighted by Gasteiger charge is -2.32. The third kappa shape index (κ3) is 10.7. The number of para-hydroxylation sites is 2. The molecular weight excluding hydrogens is 1390 g/mol. The van der Waals surface area contributed by atoms with Crippen LogP contribution in [0.2, 0.25) is 0 Å². The molecule has 2 aromatic heterocycles. The molecule has 0 bridgehead atoms. The van der Waals surface area contributed by atoms with Gasteiger partial charge in [0.15, 0.2) is 0 Å². The lowest BCUT2D eigenvalue weighted by molar-refractivity contribution is 0.796. The van der Waals surface area contributed by atoms with Crippen LogP contribution < -0.4 is 10.2 Å². The average Bonchev–Trinajstić information content (AvgIpc) is 1.51. The van der Waals surface area contributed by atoms with Gasteiger partial charge in [0.2, 0.25) is 0 Å². The Morgan fingerprint density at radius 1 is 0.248 bits per heavy atom. The zero-order chi connectivity index (χ0) is 72.4. The molecule has 0 radical (unpaired) electrons. The molecule has 18 aromatic rings. The molecule has 0 saturated heterocycles. The number of nitrogens with zero attached hydrogens (tertiary/aromatic N) is 3. The van der Waals surface area contributed by atoms with E-state index >= 15 is 0 Å². The maximum atomic E-state index is 4.44. The Bertz CT molecular complexity index is 6440. The minimum absolute atomic E-state index is 0.387. The molecule has 1 N–H and O–H groups in total. The van der Waals surface area contributed by atoms with Gasteiger partial charge in [0.1, 0.15) is 0 Å². The quantitative estimate of drug-likeness (QED) is 0.156. The first-order chi connectivity index (χ1) is 54.0. The van der Waals surface area contributed by atoms with E-state index in [0.29, 0.717) is 0 Å². The number of rotatable bonds is 9. The number of hydrogen-bond donors (Lipinski definition) is 1. The van der Waals surface area contributed by atoms with Crippen molar-refractivity contribution in [2.75, 3.05) is 10.2 Å². The number of benzene rings is 16. The summed E-state index contributed by atoms with van der Waals surface area (Å²) < 4.78 is 1.09. The lowest BCUT2D eigenvalue weighted by Crippen LogP contribution is -2.26. The Morgan fingerprint density at radius 2 is 0.642 bits per heavy atom. The molecule has 4 nitrogen and oxygen atoms in total. The minimum atomic E-state index is -0.432. The first-order valence-corrected chi connectivity index (χ1v) is 38.1. The van der Waals surface area contributed by atoms with E-state index in [4.69, 9.17) is 0 Å². The number of halogens is 1. The van der Waals surface area contributed by atoms with Crippen LogP contribution >= 0.6 is 15.9 Å². The number of pyridine rings is 2. The molecule has 4 aliphatic rings. The van der Waals surface area contributed by atoms with Gasteiger partial charge < -0.3 is 10.2 Å². The van der Waals surface area contributed by atoms with Gasteiger partial charge in [-0.05, 0) is 228 Å². The number of anilines is 5. The number of hydrogen-bond acceptors (Lipinski definition) is 4. The Labute approximate surface area is 643 Å². The van der Waals surface area contributed by atoms with Crippen molar-refractivity contribution in [2.24, 2.45) is 0 Å². The monoisotopic (exact) mass is 1450 g/mol. The highest BCUT2D eigenvalue weighted by Crippen LogP contribution is 2.67. The predicted molar refractivity (Wildman–Crippen MR) is 456 cm³/mol. The van der Waals surface area contributed by atoms with Crippen molar-refractivity contribution in [2.45, 2.75) is 10.8 Å². The fraction of sp³-hybridized carbons (Fsp3) is 0.0192. The van der Waals surface area contributed by atoms with E-state index in [9.17, 15) is 0 Å². The van der Waals surface area contributed by atoms with Gasteiger partial charge in [0.05, 0.1) is 34.6 Å². The Morgan fingerprint density at radius 3 is 1.16 bits per heavy atom. The van der Waals surface area contributed by atoms with Gasteiger partial charge in [-0.3, -0.25) is 9.97 Å². The molecule has 109 heavy (non-hydrogen) atoms. The van der Waals surface area contributed by atoms with Crippen molar-refractivity contribution >= 4 is 65.9 Å². The largest absolute Gasteiger partial charge is 0.354 e. The molecule has 2 atom stereocenters. The summed E-state index contributed by atoms with van der Waals surface area (Å²) in [5.74, 6) is 0. The molecule has 512 valence electrons. The highest BCUT2D eigenvalue weighted by atomic mass is 79.9. The van der Waals surface area contributed by atoms with E-state index in [1.54, 1.807) is 12.4 Å². The van der Waals surface area contributed by atoms with E-state index in [0.717, 1.165) is 38.5 Å². The normalized spacial score (nSPS) is 14.5. The molecule has 22 rings (SSSR count). The molecule has 5 heteroatoms. The van der Waals surface area contributed by atoms with E-state index in [2.05, 4.69) is 376 Å². The number of nitrogens with one attached hydrogen (secondary N) is 1. The van der Waals surface area contributed by atoms with Crippen molar-refractivity contribution in [1.29, 1.82) is 0 Å². The van der Waals surface area contributed by atoms with Crippen LogP contribution in [-0.4, -0.2) is 9.97 Å². The van der Waals surface area contributed by atoms with Crippen molar-refractivity contribution in [3.63, 3.8) is 0 Å². The summed E-state index contributed by atoms with van der Waals surface area (Å²) in [5, 5.41) is 8.43. The highest BCUT2D eigenvalue weighted by molar-refractivity contribution is 9.10. The topological polar surface area (TPSA) is 41.1 Å². The SMILES string of the molecule is Brc1cccc(-c2ccc(-c3cccc4c3C3(c5ccccc5-4)c4ccccc4-c4c3ccc3ccccc43)cc2)c1.c1ccc(N(c2cccnc2)c2cccc(-c3ccc(-c4cccc5c4C4(c6ccccc6-5)c5ccccc5-c5c4ccc4ccccc54)cc3)c2)cc1.c1ccc(Nc2cccnc2)cc1. The first kappa shape index (κ1) is 65.0. The highest BCUT2D eigenvalue weighted by Gasteiger charge is 2.55. The summed E-state index contributed by atoms with van der Waals surface area (Å²) in [4.78, 5) is 10.7. The van der Waals surface area contributed by atoms with Gasteiger partial charge in [0.25, 0.3) is 0 Å². The first-order valence-electron chi connectivity index (χ1n) is 37.3. The summed E-state index contributed by atoms with van der Waals surface area (Å²) in [6.45, 7) is 0. The third-order valence-corrected chi connectivity index (χ3v) is 23.1. The zero-order valence-corrected chi connectivity index (χ0v) is 61.1. The van der Waals surface area contributed by atoms with Crippen LogP contribution in [0.25, 0.3) is 111 Å². The Balaban J connectivity index is 0.000000125. The van der Waals surface area contributed by atoms with Gasteiger partial charge >= 0.3 is 0 Å². The van der Waals surface area contributed by atoms with Crippen LogP contribution in [0.3, 0.4) is 0 Å². The van der Waals surface area contributed by atoms with Crippen LogP contribution in [0, 0.1) is 0 Å². The van der Waals surface area contributed by atoms with Gasteiger partial charge in [-0.15, -0.1) is 0 Å². The van der Waals surface area contributed by atoms with Crippen molar-refractivity contribution in [1.82, 2.24) is 9.97 Å². The summed E-state index contributed by atoms with van der Waals surface area (Å²) in [6.07, 6.45) is 7.30. The molecule has 4 aliphatic carbocycles. The van der Waals surface area contributed by atoms with Gasteiger partial charge in [-0.25, -0.2) is 0 Å². The van der Waals surface area contributed by atoms with E-state index < -0.39 is 5.41 Å². The summed E-state index contributed by atoms with van der Waals surface area (Å²) in [7, 11) is 0. The maximum Gasteiger partial charge on any atom is 0.0731 e. The molecule has 0 aliphatic heterocycles. The second kappa shape index (κ2) is 27.1.